The van der Waals surface area contributed by atoms with Crippen LogP contribution in [0.5, 0.6) is 0 Å². The van der Waals surface area contributed by atoms with Gasteiger partial charge in [-0.05, 0) is 37.8 Å². The molecule has 1 atom stereocenters. The molecule has 2 aromatic rings. The number of nitrogen functional groups attached to an aromatic ring is 1. The summed E-state index contributed by atoms with van der Waals surface area (Å²) < 4.78 is 0. The molecule has 1 saturated heterocycles. The average Bonchev–Trinajstić information content (AvgIpc) is 2.96. The Labute approximate surface area is 163 Å². The fourth-order valence-electron chi connectivity index (χ4n) is 4.17. The molecule has 27 heavy (non-hydrogen) atoms. The molecule has 0 unspecified atom stereocenters. The number of hydrogen-bond acceptors (Lipinski definition) is 5. The summed E-state index contributed by atoms with van der Waals surface area (Å²) in [6, 6.07) is 3.98. The Hall–Kier alpha value is -2.15. The SMILES string of the molecule is CNC(=O)c1sc2nc([C@@]3(C)CCCN(C(=O)C4CCC4)C3)ccc2c1N. The number of nitrogens with one attached hydrogen (secondary N) is 1. The number of likely N-dealkylation sites (tertiary alicyclic amines) is 1. The smallest absolute Gasteiger partial charge is 0.263 e. The molecule has 144 valence electrons. The van der Waals surface area contributed by atoms with Crippen LogP contribution in [0.2, 0.25) is 0 Å². The van der Waals surface area contributed by atoms with Gasteiger partial charge in [-0.2, -0.15) is 0 Å². The van der Waals surface area contributed by atoms with Gasteiger partial charge in [0.15, 0.2) is 0 Å². The molecular weight excluding hydrogens is 360 g/mol. The predicted octanol–water partition coefficient (Wildman–Crippen LogP) is 2.92. The summed E-state index contributed by atoms with van der Waals surface area (Å²) in [5.41, 5.74) is 7.45. The first-order valence-corrected chi connectivity index (χ1v) is 10.4. The minimum Gasteiger partial charge on any atom is -0.397 e. The molecule has 7 heteroatoms. The number of thiophene rings is 1. The lowest BCUT2D eigenvalue weighted by Crippen LogP contribution is -2.50. The molecule has 6 nitrogen and oxygen atoms in total. The van der Waals surface area contributed by atoms with Crippen LogP contribution in [0.4, 0.5) is 5.69 Å². The number of amides is 2. The third kappa shape index (κ3) is 3.08. The Morgan fingerprint density at radius 1 is 1.33 bits per heavy atom. The van der Waals surface area contributed by atoms with Crippen LogP contribution in [-0.4, -0.2) is 41.8 Å². The summed E-state index contributed by atoms with van der Waals surface area (Å²) in [5.74, 6) is 0.365. The molecule has 1 aliphatic heterocycles. The Balaban J connectivity index is 1.63. The zero-order valence-corrected chi connectivity index (χ0v) is 16.7. The molecule has 2 fully saturated rings. The third-order valence-electron chi connectivity index (χ3n) is 6.11. The van der Waals surface area contributed by atoms with Crippen LogP contribution >= 0.6 is 11.3 Å². The van der Waals surface area contributed by atoms with E-state index in [1.54, 1.807) is 7.05 Å². The number of pyridine rings is 1. The standard InChI is InChI=1S/C20H26N4O2S/c1-20(9-4-10-24(11-20)19(26)12-5-3-6-12)14-8-7-13-15(21)16(17(25)22-2)27-18(13)23-14/h7-8,12H,3-6,9-11,21H2,1-2H3,(H,22,25)/t20-/m0/s1. The van der Waals surface area contributed by atoms with Crippen molar-refractivity contribution in [1.82, 2.24) is 15.2 Å². The maximum atomic E-state index is 12.7. The van der Waals surface area contributed by atoms with Gasteiger partial charge in [-0.3, -0.25) is 9.59 Å². The lowest BCUT2D eigenvalue weighted by atomic mass is 9.77. The normalized spacial score (nSPS) is 23.3. The van der Waals surface area contributed by atoms with E-state index < -0.39 is 0 Å². The van der Waals surface area contributed by atoms with Crippen molar-refractivity contribution in [2.75, 3.05) is 25.9 Å². The molecule has 2 amide bonds. The van der Waals surface area contributed by atoms with Crippen molar-refractivity contribution in [1.29, 1.82) is 0 Å². The van der Waals surface area contributed by atoms with Crippen LogP contribution in [0.3, 0.4) is 0 Å². The van der Waals surface area contributed by atoms with E-state index >= 15 is 0 Å². The zero-order chi connectivity index (χ0) is 19.2. The van der Waals surface area contributed by atoms with Gasteiger partial charge in [0.1, 0.15) is 9.71 Å². The monoisotopic (exact) mass is 386 g/mol. The molecule has 2 aliphatic rings. The molecule has 3 heterocycles. The van der Waals surface area contributed by atoms with Crippen molar-refractivity contribution in [3.05, 3.63) is 22.7 Å². The minimum atomic E-state index is -0.182. The molecule has 1 saturated carbocycles. The number of rotatable bonds is 3. The van der Waals surface area contributed by atoms with E-state index in [1.807, 2.05) is 17.0 Å². The van der Waals surface area contributed by atoms with Crippen molar-refractivity contribution in [2.45, 2.75) is 44.4 Å². The fraction of sp³-hybridized carbons (Fsp3) is 0.550. The first-order chi connectivity index (χ1) is 12.9. The zero-order valence-electron chi connectivity index (χ0n) is 15.9. The maximum Gasteiger partial charge on any atom is 0.263 e. The topological polar surface area (TPSA) is 88.3 Å². The molecule has 2 aromatic heterocycles. The summed E-state index contributed by atoms with van der Waals surface area (Å²) >= 11 is 1.33. The van der Waals surface area contributed by atoms with Gasteiger partial charge in [-0.1, -0.05) is 13.3 Å². The maximum absolute atomic E-state index is 12.7. The van der Waals surface area contributed by atoms with E-state index in [0.29, 0.717) is 23.0 Å². The number of piperidine rings is 1. The lowest BCUT2D eigenvalue weighted by molar-refractivity contribution is -0.140. The van der Waals surface area contributed by atoms with Gasteiger partial charge in [-0.25, -0.2) is 4.98 Å². The number of nitrogens with zero attached hydrogens (tertiary/aromatic N) is 2. The second kappa shape index (κ2) is 6.78. The van der Waals surface area contributed by atoms with Crippen LogP contribution in [-0.2, 0) is 10.2 Å². The molecule has 4 rings (SSSR count). The van der Waals surface area contributed by atoms with Crippen molar-refractivity contribution in [2.24, 2.45) is 5.92 Å². The molecular formula is C20H26N4O2S. The summed E-state index contributed by atoms with van der Waals surface area (Å²) in [6.45, 7) is 3.75. The van der Waals surface area contributed by atoms with Gasteiger partial charge in [-0.15, -0.1) is 11.3 Å². The van der Waals surface area contributed by atoms with Crippen LogP contribution in [0.25, 0.3) is 10.2 Å². The molecule has 1 aliphatic carbocycles. The quantitative estimate of drug-likeness (QED) is 0.849. The summed E-state index contributed by atoms with van der Waals surface area (Å²) in [5, 5.41) is 3.45. The number of aromatic nitrogens is 1. The largest absolute Gasteiger partial charge is 0.397 e. The van der Waals surface area contributed by atoms with E-state index in [4.69, 9.17) is 10.7 Å². The Morgan fingerprint density at radius 2 is 2.11 bits per heavy atom. The second-order valence-electron chi connectivity index (χ2n) is 8.03. The van der Waals surface area contributed by atoms with E-state index in [9.17, 15) is 9.59 Å². The Morgan fingerprint density at radius 3 is 2.78 bits per heavy atom. The minimum absolute atomic E-state index is 0.169. The highest BCUT2D eigenvalue weighted by Gasteiger charge is 2.39. The van der Waals surface area contributed by atoms with Crippen molar-refractivity contribution < 1.29 is 9.59 Å². The first kappa shape index (κ1) is 18.2. The van der Waals surface area contributed by atoms with Crippen LogP contribution < -0.4 is 11.1 Å². The molecule has 3 N–H and O–H groups in total. The third-order valence-corrected chi connectivity index (χ3v) is 7.22. The number of nitrogens with two attached hydrogens (primary N) is 1. The van der Waals surface area contributed by atoms with E-state index in [2.05, 4.69) is 12.2 Å². The van der Waals surface area contributed by atoms with Crippen LogP contribution in [0.1, 0.15) is 54.4 Å². The molecule has 0 radical (unpaired) electrons. The Bertz CT molecular complexity index is 905. The fourth-order valence-corrected chi connectivity index (χ4v) is 5.21. The molecule has 0 aromatic carbocycles. The van der Waals surface area contributed by atoms with E-state index in [0.717, 1.165) is 48.1 Å². The van der Waals surface area contributed by atoms with E-state index in [1.165, 1.54) is 17.8 Å². The highest BCUT2D eigenvalue weighted by molar-refractivity contribution is 7.21. The van der Waals surface area contributed by atoms with Crippen LogP contribution in [0.15, 0.2) is 12.1 Å². The summed E-state index contributed by atoms with van der Waals surface area (Å²) in [4.78, 5) is 32.9. The lowest BCUT2D eigenvalue weighted by Gasteiger charge is -2.42. The van der Waals surface area contributed by atoms with Gasteiger partial charge in [0.2, 0.25) is 5.91 Å². The first-order valence-electron chi connectivity index (χ1n) is 9.63. The van der Waals surface area contributed by atoms with Gasteiger partial charge in [0.25, 0.3) is 5.91 Å². The molecule has 0 spiro atoms. The number of fused-ring (bicyclic) bond motifs is 1. The van der Waals surface area contributed by atoms with Gasteiger partial charge in [0.05, 0.1) is 5.69 Å². The summed E-state index contributed by atoms with van der Waals surface area (Å²) in [6.07, 6.45) is 5.24. The van der Waals surface area contributed by atoms with Gasteiger partial charge >= 0.3 is 0 Å². The van der Waals surface area contributed by atoms with Gasteiger partial charge < -0.3 is 16.0 Å². The van der Waals surface area contributed by atoms with Crippen molar-refractivity contribution in [3.63, 3.8) is 0 Å². The number of carbonyl (C=O) groups excluding carboxylic acids is 2. The van der Waals surface area contributed by atoms with E-state index in [-0.39, 0.29) is 17.2 Å². The van der Waals surface area contributed by atoms with Gasteiger partial charge in [0, 0.05) is 42.6 Å². The van der Waals surface area contributed by atoms with Crippen LogP contribution in [0, 0.1) is 5.92 Å². The second-order valence-corrected chi connectivity index (χ2v) is 9.02. The summed E-state index contributed by atoms with van der Waals surface area (Å²) in [7, 11) is 1.60. The number of carbonyl (C=O) groups is 2. The number of hydrogen-bond donors (Lipinski definition) is 2. The highest BCUT2D eigenvalue weighted by Crippen LogP contribution is 2.38. The number of anilines is 1. The predicted molar refractivity (Wildman–Crippen MR) is 108 cm³/mol. The van der Waals surface area contributed by atoms with Crippen molar-refractivity contribution >= 4 is 39.1 Å². The van der Waals surface area contributed by atoms with Crippen molar-refractivity contribution in [3.8, 4) is 0 Å². The molecule has 0 bridgehead atoms. The Kier molecular flexibility index (Phi) is 4.58. The average molecular weight is 387 g/mol. The highest BCUT2D eigenvalue weighted by atomic mass is 32.1.